The summed E-state index contributed by atoms with van der Waals surface area (Å²) >= 11 is 0. The third-order valence-electron chi connectivity index (χ3n) is 6.23. The van der Waals surface area contributed by atoms with Crippen LogP contribution in [-0.4, -0.2) is 54.9 Å². The molecule has 158 valence electrons. The van der Waals surface area contributed by atoms with Crippen molar-refractivity contribution in [2.24, 2.45) is 0 Å². The maximum absolute atomic E-state index is 5.65. The Labute approximate surface area is 173 Å². The molecule has 4 rings (SSSR count). The third-order valence-corrected chi connectivity index (χ3v) is 6.23. The van der Waals surface area contributed by atoms with Crippen molar-refractivity contribution in [2.45, 2.75) is 52.2 Å². The number of aryl methyl sites for hydroxylation is 2. The smallest absolute Gasteiger partial charge is 0.141 e. The minimum Gasteiger partial charge on any atom is -0.496 e. The Balaban J connectivity index is 1.52. The van der Waals surface area contributed by atoms with Crippen LogP contribution in [0.4, 0.5) is 0 Å². The number of morpholine rings is 1. The van der Waals surface area contributed by atoms with Gasteiger partial charge in [0, 0.05) is 49.8 Å². The van der Waals surface area contributed by atoms with Gasteiger partial charge in [-0.2, -0.15) is 0 Å². The highest BCUT2D eigenvalue weighted by molar-refractivity contribution is 5.37. The number of aromatic nitrogens is 1. The molecule has 0 spiro atoms. The lowest BCUT2D eigenvalue weighted by Crippen LogP contribution is -2.35. The van der Waals surface area contributed by atoms with Gasteiger partial charge in [0.05, 0.1) is 26.0 Å². The fraction of sp³-hybridized carbons (Fsp3) is 0.609. The third kappa shape index (κ3) is 4.49. The fourth-order valence-corrected chi connectivity index (χ4v) is 4.74. The molecule has 1 atom stereocenters. The predicted molar refractivity (Wildman–Crippen MR) is 112 cm³/mol. The molecule has 0 saturated carbocycles. The molecule has 6 nitrogen and oxygen atoms in total. The van der Waals surface area contributed by atoms with Crippen LogP contribution in [0.3, 0.4) is 0 Å². The summed E-state index contributed by atoms with van der Waals surface area (Å²) in [5, 5.41) is 4.24. The van der Waals surface area contributed by atoms with E-state index in [1.54, 1.807) is 7.11 Å². The molecule has 2 aromatic rings. The molecule has 0 aliphatic carbocycles. The molecule has 0 bridgehead atoms. The monoisotopic (exact) mass is 399 g/mol. The van der Waals surface area contributed by atoms with Gasteiger partial charge in [-0.3, -0.25) is 9.80 Å². The van der Waals surface area contributed by atoms with Crippen LogP contribution in [0.5, 0.6) is 5.75 Å². The maximum Gasteiger partial charge on any atom is 0.141 e. The van der Waals surface area contributed by atoms with Gasteiger partial charge in [-0.25, -0.2) is 0 Å². The van der Waals surface area contributed by atoms with Crippen LogP contribution in [0, 0.1) is 6.92 Å². The summed E-state index contributed by atoms with van der Waals surface area (Å²) in [6, 6.07) is 7.06. The molecule has 2 fully saturated rings. The van der Waals surface area contributed by atoms with E-state index in [0.29, 0.717) is 6.04 Å². The zero-order valence-corrected chi connectivity index (χ0v) is 17.9. The second kappa shape index (κ2) is 9.28. The highest BCUT2D eigenvalue weighted by Gasteiger charge is 2.31. The second-order valence-corrected chi connectivity index (χ2v) is 8.12. The molecule has 3 heterocycles. The Hall–Kier alpha value is -1.89. The Kier molecular flexibility index (Phi) is 6.53. The number of methoxy groups -OCH3 is 1. The van der Waals surface area contributed by atoms with Crippen molar-refractivity contribution in [3.63, 3.8) is 0 Å². The van der Waals surface area contributed by atoms with Crippen molar-refractivity contribution in [3.8, 4) is 5.75 Å². The van der Waals surface area contributed by atoms with Gasteiger partial charge in [-0.05, 0) is 44.0 Å². The van der Waals surface area contributed by atoms with Crippen LogP contribution in [0.15, 0.2) is 22.7 Å². The molecule has 29 heavy (non-hydrogen) atoms. The van der Waals surface area contributed by atoms with Gasteiger partial charge >= 0.3 is 0 Å². The lowest BCUT2D eigenvalue weighted by Gasteiger charge is -2.28. The first-order chi connectivity index (χ1) is 14.2. The van der Waals surface area contributed by atoms with Crippen molar-refractivity contribution < 1.29 is 14.0 Å². The predicted octanol–water partition coefficient (Wildman–Crippen LogP) is 3.72. The molecule has 1 aromatic carbocycles. The van der Waals surface area contributed by atoms with E-state index >= 15 is 0 Å². The van der Waals surface area contributed by atoms with Crippen molar-refractivity contribution in [1.82, 2.24) is 15.0 Å². The van der Waals surface area contributed by atoms with Gasteiger partial charge in [0.2, 0.25) is 0 Å². The van der Waals surface area contributed by atoms with Crippen molar-refractivity contribution >= 4 is 0 Å². The lowest BCUT2D eigenvalue weighted by atomic mass is 10.0. The Morgan fingerprint density at radius 1 is 1.17 bits per heavy atom. The maximum atomic E-state index is 5.65. The van der Waals surface area contributed by atoms with Crippen molar-refractivity contribution in [2.75, 3.05) is 40.0 Å². The summed E-state index contributed by atoms with van der Waals surface area (Å²) < 4.78 is 16.7. The highest BCUT2D eigenvalue weighted by Crippen LogP contribution is 2.37. The Bertz CT molecular complexity index is 814. The van der Waals surface area contributed by atoms with E-state index < -0.39 is 0 Å². The summed E-state index contributed by atoms with van der Waals surface area (Å²) in [4.78, 5) is 5.02. The highest BCUT2D eigenvalue weighted by atomic mass is 16.5. The zero-order valence-electron chi connectivity index (χ0n) is 17.9. The van der Waals surface area contributed by atoms with E-state index in [1.165, 1.54) is 29.5 Å². The summed E-state index contributed by atoms with van der Waals surface area (Å²) in [7, 11) is 1.76. The SMILES string of the molecule is CCc1onc(C)c1[C@H]1CCCN1Cc1ccc(OC)c(CN2CCOCC2)c1. The van der Waals surface area contributed by atoms with E-state index in [9.17, 15) is 0 Å². The zero-order chi connectivity index (χ0) is 20.2. The lowest BCUT2D eigenvalue weighted by molar-refractivity contribution is 0.0338. The average molecular weight is 400 g/mol. The summed E-state index contributed by atoms with van der Waals surface area (Å²) in [5.41, 5.74) is 4.96. The standard InChI is InChI=1S/C23H33N3O3/c1-4-21-23(17(2)24-29-21)20-6-5-9-26(20)15-18-7-8-22(27-3)19(14-18)16-25-10-12-28-13-11-25/h7-8,14,20H,4-6,9-13,15-16H2,1-3H3/t20-/m1/s1. The minimum absolute atomic E-state index is 0.404. The summed E-state index contributed by atoms with van der Waals surface area (Å²) in [6.07, 6.45) is 3.29. The molecule has 0 amide bonds. The number of likely N-dealkylation sites (tertiary alicyclic amines) is 1. The van der Waals surface area contributed by atoms with E-state index in [0.717, 1.165) is 69.6 Å². The van der Waals surface area contributed by atoms with Gasteiger partial charge in [-0.15, -0.1) is 0 Å². The van der Waals surface area contributed by atoms with Crippen LogP contribution >= 0.6 is 0 Å². The number of ether oxygens (including phenoxy) is 2. The Morgan fingerprint density at radius 2 is 2.00 bits per heavy atom. The largest absolute Gasteiger partial charge is 0.496 e. The first kappa shape index (κ1) is 20.4. The molecular weight excluding hydrogens is 366 g/mol. The van der Waals surface area contributed by atoms with Gasteiger partial charge in [-0.1, -0.05) is 18.1 Å². The molecule has 6 heteroatoms. The fourth-order valence-electron chi connectivity index (χ4n) is 4.74. The quantitative estimate of drug-likeness (QED) is 0.707. The van der Waals surface area contributed by atoms with Crippen LogP contribution in [0.2, 0.25) is 0 Å². The average Bonchev–Trinajstić information content (AvgIpc) is 3.34. The van der Waals surface area contributed by atoms with Crippen LogP contribution < -0.4 is 4.74 Å². The van der Waals surface area contributed by atoms with E-state index in [2.05, 4.69) is 47.0 Å². The van der Waals surface area contributed by atoms with Crippen molar-refractivity contribution in [1.29, 1.82) is 0 Å². The van der Waals surface area contributed by atoms with Crippen LogP contribution in [-0.2, 0) is 24.2 Å². The van der Waals surface area contributed by atoms with Gasteiger partial charge in [0.1, 0.15) is 11.5 Å². The first-order valence-electron chi connectivity index (χ1n) is 10.8. The molecule has 0 radical (unpaired) electrons. The minimum atomic E-state index is 0.404. The summed E-state index contributed by atoms with van der Waals surface area (Å²) in [6.45, 7) is 10.8. The molecule has 2 aliphatic rings. The van der Waals surface area contributed by atoms with E-state index in [1.807, 2.05) is 0 Å². The number of nitrogens with zero attached hydrogens (tertiary/aromatic N) is 3. The normalized spacial score (nSPS) is 21.0. The number of benzene rings is 1. The van der Waals surface area contributed by atoms with Crippen LogP contribution in [0.25, 0.3) is 0 Å². The van der Waals surface area contributed by atoms with Gasteiger partial charge < -0.3 is 14.0 Å². The number of rotatable bonds is 7. The second-order valence-electron chi connectivity index (χ2n) is 8.12. The summed E-state index contributed by atoms with van der Waals surface area (Å²) in [5.74, 6) is 2.02. The molecule has 0 N–H and O–H groups in total. The molecular formula is C23H33N3O3. The number of hydrogen-bond acceptors (Lipinski definition) is 6. The van der Waals surface area contributed by atoms with Crippen LogP contribution in [0.1, 0.15) is 54.0 Å². The van der Waals surface area contributed by atoms with E-state index in [-0.39, 0.29) is 0 Å². The molecule has 1 aromatic heterocycles. The van der Waals surface area contributed by atoms with Gasteiger partial charge in [0.15, 0.2) is 0 Å². The topological polar surface area (TPSA) is 51.0 Å². The van der Waals surface area contributed by atoms with Crippen molar-refractivity contribution in [3.05, 3.63) is 46.3 Å². The number of hydrogen-bond donors (Lipinski definition) is 0. The first-order valence-corrected chi connectivity index (χ1v) is 10.8. The molecule has 0 unspecified atom stereocenters. The Morgan fingerprint density at radius 3 is 2.76 bits per heavy atom. The molecule has 2 aliphatic heterocycles. The molecule has 2 saturated heterocycles. The van der Waals surface area contributed by atoms with E-state index in [4.69, 9.17) is 14.0 Å². The van der Waals surface area contributed by atoms with Gasteiger partial charge in [0.25, 0.3) is 0 Å².